The van der Waals surface area contributed by atoms with Crippen LogP contribution in [0.1, 0.15) is 18.9 Å². The Morgan fingerprint density at radius 3 is 2.74 bits per heavy atom. The summed E-state index contributed by atoms with van der Waals surface area (Å²) in [5, 5.41) is 17.7. The molecule has 0 aliphatic carbocycles. The number of nitriles is 1. The molecule has 0 spiro atoms. The van der Waals surface area contributed by atoms with Crippen molar-refractivity contribution < 1.29 is 14.6 Å². The second-order valence-electron chi connectivity index (χ2n) is 3.63. The van der Waals surface area contributed by atoms with E-state index in [1.165, 1.54) is 6.08 Å². The molecule has 0 bridgehead atoms. The van der Waals surface area contributed by atoms with E-state index in [0.29, 0.717) is 22.4 Å². The van der Waals surface area contributed by atoms with Crippen LogP contribution in [0.2, 0.25) is 0 Å². The molecule has 4 nitrogen and oxygen atoms in total. The minimum absolute atomic E-state index is 0.341. The van der Waals surface area contributed by atoms with Gasteiger partial charge in [-0.25, -0.2) is 4.79 Å². The van der Waals surface area contributed by atoms with Crippen molar-refractivity contribution in [3.8, 4) is 11.8 Å². The minimum atomic E-state index is -1.26. The van der Waals surface area contributed by atoms with Crippen molar-refractivity contribution in [1.82, 2.24) is 0 Å². The van der Waals surface area contributed by atoms with Crippen LogP contribution in [0.3, 0.4) is 0 Å². The topological polar surface area (TPSA) is 70.3 Å². The molecule has 0 saturated heterocycles. The van der Waals surface area contributed by atoms with E-state index in [4.69, 9.17) is 15.1 Å². The first-order valence-electron chi connectivity index (χ1n) is 5.46. The number of halogens is 2. The van der Waals surface area contributed by atoms with Gasteiger partial charge in [-0.3, -0.25) is 0 Å². The average molecular weight is 389 g/mol. The molecular weight excluding hydrogens is 378 g/mol. The molecule has 1 aromatic rings. The highest BCUT2D eigenvalue weighted by molar-refractivity contribution is 9.11. The van der Waals surface area contributed by atoms with Crippen LogP contribution in [0.4, 0.5) is 0 Å². The lowest BCUT2D eigenvalue weighted by Gasteiger charge is -2.11. The van der Waals surface area contributed by atoms with Gasteiger partial charge in [-0.05, 0) is 40.6 Å². The summed E-state index contributed by atoms with van der Waals surface area (Å²) in [5.41, 5.74) is 0.194. The highest BCUT2D eigenvalue weighted by Gasteiger charge is 2.12. The second-order valence-corrected chi connectivity index (χ2v) is 5.40. The zero-order valence-corrected chi connectivity index (χ0v) is 13.3. The minimum Gasteiger partial charge on any atom is -0.492 e. The molecule has 19 heavy (non-hydrogen) atoms. The van der Waals surface area contributed by atoms with Gasteiger partial charge in [-0.15, -0.1) is 0 Å². The van der Waals surface area contributed by atoms with E-state index in [2.05, 4.69) is 31.9 Å². The molecule has 0 unspecified atom stereocenters. The van der Waals surface area contributed by atoms with Gasteiger partial charge in [0.05, 0.1) is 11.1 Å². The van der Waals surface area contributed by atoms with Gasteiger partial charge in [0, 0.05) is 10.0 Å². The number of carbonyl (C=O) groups is 1. The van der Waals surface area contributed by atoms with E-state index in [9.17, 15) is 4.79 Å². The number of nitrogens with zero attached hydrogens (tertiary/aromatic N) is 1. The molecule has 0 radical (unpaired) electrons. The first-order valence-corrected chi connectivity index (χ1v) is 7.05. The van der Waals surface area contributed by atoms with Crippen LogP contribution in [0.25, 0.3) is 6.08 Å². The summed E-state index contributed by atoms with van der Waals surface area (Å²) in [6.07, 6.45) is 2.12. The van der Waals surface area contributed by atoms with Gasteiger partial charge >= 0.3 is 5.97 Å². The average Bonchev–Trinajstić information content (AvgIpc) is 2.34. The molecule has 6 heteroatoms. The van der Waals surface area contributed by atoms with Gasteiger partial charge in [0.15, 0.2) is 0 Å². The van der Waals surface area contributed by atoms with E-state index >= 15 is 0 Å². The van der Waals surface area contributed by atoms with Crippen molar-refractivity contribution in [2.75, 3.05) is 6.61 Å². The van der Waals surface area contributed by atoms with Crippen LogP contribution in [-0.2, 0) is 4.79 Å². The molecule has 100 valence electrons. The lowest BCUT2D eigenvalue weighted by Crippen LogP contribution is -2.01. The van der Waals surface area contributed by atoms with Crippen LogP contribution in [0.5, 0.6) is 5.75 Å². The van der Waals surface area contributed by atoms with E-state index in [-0.39, 0.29) is 5.57 Å². The molecule has 0 saturated carbocycles. The summed E-state index contributed by atoms with van der Waals surface area (Å²) < 4.78 is 7.04. The van der Waals surface area contributed by atoms with Crippen molar-refractivity contribution in [3.63, 3.8) is 0 Å². The predicted molar refractivity (Wildman–Crippen MR) is 78.9 cm³/mol. The van der Waals surface area contributed by atoms with Crippen molar-refractivity contribution in [2.45, 2.75) is 13.3 Å². The fourth-order valence-electron chi connectivity index (χ4n) is 1.34. The van der Waals surface area contributed by atoms with Crippen LogP contribution < -0.4 is 4.74 Å². The molecule has 1 N–H and O–H groups in total. The fraction of sp³-hybridized carbons (Fsp3) is 0.231. The molecular formula is C13H11Br2NO3. The van der Waals surface area contributed by atoms with Gasteiger partial charge in [-0.2, -0.15) is 5.26 Å². The molecule has 0 heterocycles. The molecule has 0 fully saturated rings. The summed E-state index contributed by atoms with van der Waals surface area (Å²) in [5.74, 6) is -0.737. The van der Waals surface area contributed by atoms with Gasteiger partial charge in [0.25, 0.3) is 0 Å². The van der Waals surface area contributed by atoms with Crippen LogP contribution in [0.15, 0.2) is 26.7 Å². The molecule has 0 aromatic heterocycles. The Morgan fingerprint density at radius 1 is 1.53 bits per heavy atom. The number of hydrogen-bond donors (Lipinski definition) is 1. The Kier molecular flexibility index (Phi) is 6.06. The number of carboxylic acid groups (broad SMARTS) is 1. The van der Waals surface area contributed by atoms with Crippen molar-refractivity contribution in [1.29, 1.82) is 5.26 Å². The number of benzene rings is 1. The Labute approximate surface area is 127 Å². The smallest absolute Gasteiger partial charge is 0.346 e. The first kappa shape index (κ1) is 15.7. The van der Waals surface area contributed by atoms with E-state index < -0.39 is 5.97 Å². The second kappa shape index (κ2) is 7.31. The number of carboxylic acids is 1. The Morgan fingerprint density at radius 2 is 2.21 bits per heavy atom. The third kappa shape index (κ3) is 4.37. The summed E-state index contributed by atoms with van der Waals surface area (Å²) in [6, 6.07) is 5.15. The van der Waals surface area contributed by atoms with E-state index in [1.54, 1.807) is 18.2 Å². The van der Waals surface area contributed by atoms with E-state index in [1.807, 2.05) is 6.92 Å². The number of ether oxygens (including phenoxy) is 1. The van der Waals surface area contributed by atoms with Crippen LogP contribution >= 0.6 is 31.9 Å². The quantitative estimate of drug-likeness (QED) is 0.611. The normalized spacial score (nSPS) is 10.9. The van der Waals surface area contributed by atoms with Crippen molar-refractivity contribution in [2.24, 2.45) is 0 Å². The maximum absolute atomic E-state index is 10.9. The van der Waals surface area contributed by atoms with Crippen molar-refractivity contribution >= 4 is 43.9 Å². The maximum Gasteiger partial charge on any atom is 0.346 e. The van der Waals surface area contributed by atoms with Gasteiger partial charge in [-0.1, -0.05) is 22.9 Å². The Bertz CT molecular complexity index is 562. The van der Waals surface area contributed by atoms with Crippen LogP contribution in [0, 0.1) is 11.3 Å². The summed E-state index contributed by atoms with van der Waals surface area (Å²) in [6.45, 7) is 2.48. The zero-order chi connectivity index (χ0) is 14.4. The third-order valence-electron chi connectivity index (χ3n) is 2.14. The number of aliphatic carboxylic acids is 1. The molecule has 1 rings (SSSR count). The third-order valence-corrected chi connectivity index (χ3v) is 3.19. The Hall–Kier alpha value is -1.32. The number of hydrogen-bond acceptors (Lipinski definition) is 3. The Balaban J connectivity index is 3.32. The lowest BCUT2D eigenvalue weighted by molar-refractivity contribution is -0.132. The summed E-state index contributed by atoms with van der Waals surface area (Å²) in [7, 11) is 0. The molecule has 0 atom stereocenters. The standard InChI is InChI=1S/C13H11Br2NO3/c1-2-3-19-12-8(4-9(7-16)13(17)18)5-10(14)6-11(12)15/h4-6H,2-3H2,1H3,(H,17,18)/b9-4+. The van der Waals surface area contributed by atoms with Gasteiger partial charge in [0.2, 0.25) is 0 Å². The fourth-order valence-corrected chi connectivity index (χ4v) is 2.71. The predicted octanol–water partition coefficient (Wildman–Crippen LogP) is 3.99. The number of rotatable bonds is 5. The monoisotopic (exact) mass is 387 g/mol. The van der Waals surface area contributed by atoms with E-state index in [0.717, 1.165) is 10.9 Å². The van der Waals surface area contributed by atoms with Crippen LogP contribution in [-0.4, -0.2) is 17.7 Å². The SMILES string of the molecule is CCCOc1c(Br)cc(Br)cc1/C=C(\C#N)C(=O)O. The van der Waals surface area contributed by atoms with Gasteiger partial charge < -0.3 is 9.84 Å². The zero-order valence-electron chi connectivity index (χ0n) is 10.1. The molecule has 0 aliphatic rings. The van der Waals surface area contributed by atoms with Gasteiger partial charge in [0.1, 0.15) is 17.4 Å². The lowest BCUT2D eigenvalue weighted by atomic mass is 10.1. The first-order chi connectivity index (χ1) is 8.99. The molecule has 0 amide bonds. The molecule has 1 aromatic carbocycles. The van der Waals surface area contributed by atoms with Crippen molar-refractivity contribution in [3.05, 3.63) is 32.2 Å². The highest BCUT2D eigenvalue weighted by atomic mass is 79.9. The highest BCUT2D eigenvalue weighted by Crippen LogP contribution is 2.34. The summed E-state index contributed by atoms with van der Waals surface area (Å²) >= 11 is 6.68. The summed E-state index contributed by atoms with van der Waals surface area (Å²) in [4.78, 5) is 10.9. The molecule has 0 aliphatic heterocycles. The maximum atomic E-state index is 10.9. The largest absolute Gasteiger partial charge is 0.492 e.